The fraction of sp³-hybridized carbons (Fsp3) is 0.143. The highest BCUT2D eigenvalue weighted by molar-refractivity contribution is 6.30. The first kappa shape index (κ1) is 13.4. The second-order valence-corrected chi connectivity index (χ2v) is 4.52. The molecule has 1 heterocycles. The van der Waals surface area contributed by atoms with E-state index in [0.717, 1.165) is 11.3 Å². The van der Waals surface area contributed by atoms with Crippen LogP contribution in [0.4, 0.5) is 11.5 Å². The number of anilines is 2. The van der Waals surface area contributed by atoms with Crippen molar-refractivity contribution in [2.45, 2.75) is 6.92 Å². The number of nitrogens with one attached hydrogen (secondary N) is 2. The van der Waals surface area contributed by atoms with Gasteiger partial charge in [0.2, 0.25) is 0 Å². The number of aromatic nitrogens is 1. The lowest BCUT2D eigenvalue weighted by Crippen LogP contribution is -2.12. The highest BCUT2D eigenvalue weighted by atomic mass is 35.5. The number of pyridine rings is 1. The van der Waals surface area contributed by atoms with Gasteiger partial charge in [-0.05, 0) is 36.8 Å². The smallest absolute Gasteiger partial charge is 0.255 e. The van der Waals surface area contributed by atoms with E-state index in [1.807, 2.05) is 31.2 Å². The molecule has 0 saturated heterocycles. The Morgan fingerprint density at radius 2 is 2.05 bits per heavy atom. The van der Waals surface area contributed by atoms with E-state index in [1.54, 1.807) is 13.1 Å². The molecule has 19 heavy (non-hydrogen) atoms. The molecular weight excluding hydrogens is 262 g/mol. The molecule has 1 aromatic carbocycles. The van der Waals surface area contributed by atoms with E-state index in [9.17, 15) is 4.79 Å². The molecule has 1 amide bonds. The zero-order valence-electron chi connectivity index (χ0n) is 10.7. The molecule has 0 aliphatic carbocycles. The molecule has 2 N–H and O–H groups in total. The molecule has 0 spiro atoms. The maximum atomic E-state index is 12.1. The molecule has 0 fully saturated rings. The second-order valence-electron chi connectivity index (χ2n) is 4.14. The van der Waals surface area contributed by atoms with Crippen LogP contribution in [0.1, 0.15) is 15.9 Å². The van der Waals surface area contributed by atoms with Crippen molar-refractivity contribution in [2.75, 3.05) is 17.7 Å². The Labute approximate surface area is 116 Å². The van der Waals surface area contributed by atoms with E-state index in [-0.39, 0.29) is 11.1 Å². The van der Waals surface area contributed by atoms with Gasteiger partial charge in [0.25, 0.3) is 5.91 Å². The highest BCUT2D eigenvalue weighted by Gasteiger charge is 2.09. The Balaban J connectivity index is 2.22. The molecule has 2 rings (SSSR count). The Kier molecular flexibility index (Phi) is 4.02. The van der Waals surface area contributed by atoms with Crippen LogP contribution in [0, 0.1) is 6.92 Å². The summed E-state index contributed by atoms with van der Waals surface area (Å²) in [6.07, 6.45) is 0. The predicted molar refractivity (Wildman–Crippen MR) is 77.9 cm³/mol. The molecule has 98 valence electrons. The normalized spacial score (nSPS) is 10.1. The molecule has 0 saturated carbocycles. The standard InChI is InChI=1S/C14H14ClN3O/c1-9-4-3-5-11(6-9)17-14(19)10-7-12(15)18-13(8-10)16-2/h3-8H,1-2H3,(H,16,18)(H,17,19). The number of aryl methyl sites for hydroxylation is 1. The fourth-order valence-corrected chi connectivity index (χ4v) is 1.89. The maximum Gasteiger partial charge on any atom is 0.255 e. The Morgan fingerprint density at radius 1 is 1.26 bits per heavy atom. The van der Waals surface area contributed by atoms with E-state index >= 15 is 0 Å². The zero-order chi connectivity index (χ0) is 13.8. The number of nitrogens with zero attached hydrogens (tertiary/aromatic N) is 1. The van der Waals surface area contributed by atoms with Crippen LogP contribution in [0.2, 0.25) is 5.15 Å². The van der Waals surface area contributed by atoms with Crippen molar-refractivity contribution < 1.29 is 4.79 Å². The van der Waals surface area contributed by atoms with E-state index in [4.69, 9.17) is 11.6 Å². The number of hydrogen-bond acceptors (Lipinski definition) is 3. The minimum Gasteiger partial charge on any atom is -0.373 e. The van der Waals surface area contributed by atoms with Gasteiger partial charge in [0.1, 0.15) is 11.0 Å². The highest BCUT2D eigenvalue weighted by Crippen LogP contribution is 2.16. The first-order valence-electron chi connectivity index (χ1n) is 5.82. The van der Waals surface area contributed by atoms with Crippen LogP contribution in [0.25, 0.3) is 0 Å². The Bertz CT molecular complexity index is 613. The average Bonchev–Trinajstić information content (AvgIpc) is 2.38. The van der Waals surface area contributed by atoms with Crippen LogP contribution in [-0.2, 0) is 0 Å². The van der Waals surface area contributed by atoms with E-state index in [2.05, 4.69) is 15.6 Å². The average molecular weight is 276 g/mol. The lowest BCUT2D eigenvalue weighted by atomic mass is 10.2. The van der Waals surface area contributed by atoms with Crippen LogP contribution in [0.5, 0.6) is 0 Å². The topological polar surface area (TPSA) is 54.0 Å². The maximum absolute atomic E-state index is 12.1. The lowest BCUT2D eigenvalue weighted by Gasteiger charge is -2.08. The molecule has 5 heteroatoms. The molecule has 0 unspecified atom stereocenters. The van der Waals surface area contributed by atoms with Crippen LogP contribution in [-0.4, -0.2) is 17.9 Å². The van der Waals surface area contributed by atoms with Gasteiger partial charge in [0.15, 0.2) is 0 Å². The quantitative estimate of drug-likeness (QED) is 0.845. The third-order valence-electron chi connectivity index (χ3n) is 2.59. The van der Waals surface area contributed by atoms with Crippen molar-refractivity contribution in [1.82, 2.24) is 4.98 Å². The van der Waals surface area contributed by atoms with Gasteiger partial charge in [-0.3, -0.25) is 4.79 Å². The third kappa shape index (κ3) is 3.45. The number of halogens is 1. The summed E-state index contributed by atoms with van der Waals surface area (Å²) in [5, 5.41) is 5.96. The minimum absolute atomic E-state index is 0.216. The predicted octanol–water partition coefficient (Wildman–Crippen LogP) is 3.34. The molecule has 0 atom stereocenters. The van der Waals surface area contributed by atoms with E-state index < -0.39 is 0 Å². The van der Waals surface area contributed by atoms with Crippen molar-refractivity contribution in [2.24, 2.45) is 0 Å². The summed E-state index contributed by atoms with van der Waals surface area (Å²) in [6.45, 7) is 1.97. The van der Waals surface area contributed by atoms with Gasteiger partial charge in [0.05, 0.1) is 0 Å². The number of carbonyl (C=O) groups is 1. The van der Waals surface area contributed by atoms with Gasteiger partial charge >= 0.3 is 0 Å². The van der Waals surface area contributed by atoms with Crippen molar-refractivity contribution in [3.63, 3.8) is 0 Å². The molecule has 0 radical (unpaired) electrons. The largest absolute Gasteiger partial charge is 0.373 e. The van der Waals surface area contributed by atoms with Gasteiger partial charge in [-0.25, -0.2) is 4.98 Å². The van der Waals surface area contributed by atoms with Crippen LogP contribution < -0.4 is 10.6 Å². The van der Waals surface area contributed by atoms with Crippen molar-refractivity contribution in [3.05, 3.63) is 52.7 Å². The molecule has 2 aromatic rings. The van der Waals surface area contributed by atoms with Gasteiger partial charge in [-0.15, -0.1) is 0 Å². The first-order chi connectivity index (χ1) is 9.08. The Morgan fingerprint density at radius 3 is 2.74 bits per heavy atom. The van der Waals surface area contributed by atoms with E-state index in [1.165, 1.54) is 6.07 Å². The van der Waals surface area contributed by atoms with Crippen LogP contribution in [0.15, 0.2) is 36.4 Å². The SMILES string of the molecule is CNc1cc(C(=O)Nc2cccc(C)c2)cc(Cl)n1. The minimum atomic E-state index is -0.216. The van der Waals surface area contributed by atoms with Gasteiger partial charge in [-0.1, -0.05) is 23.7 Å². The molecule has 4 nitrogen and oxygen atoms in total. The lowest BCUT2D eigenvalue weighted by molar-refractivity contribution is 0.102. The number of amides is 1. The van der Waals surface area contributed by atoms with Crippen molar-refractivity contribution in [1.29, 1.82) is 0 Å². The summed E-state index contributed by atoms with van der Waals surface area (Å²) in [7, 11) is 1.72. The first-order valence-corrected chi connectivity index (χ1v) is 6.19. The number of carbonyl (C=O) groups excluding carboxylic acids is 1. The number of hydrogen-bond donors (Lipinski definition) is 2. The number of benzene rings is 1. The monoisotopic (exact) mass is 275 g/mol. The fourth-order valence-electron chi connectivity index (χ4n) is 1.68. The van der Waals surface area contributed by atoms with Gasteiger partial charge in [-0.2, -0.15) is 0 Å². The van der Waals surface area contributed by atoms with E-state index in [0.29, 0.717) is 11.4 Å². The van der Waals surface area contributed by atoms with Crippen LogP contribution in [0.3, 0.4) is 0 Å². The van der Waals surface area contributed by atoms with Gasteiger partial charge in [0, 0.05) is 18.3 Å². The summed E-state index contributed by atoms with van der Waals surface area (Å²) >= 11 is 5.87. The molecular formula is C14H14ClN3O. The van der Waals surface area contributed by atoms with Gasteiger partial charge < -0.3 is 10.6 Å². The van der Waals surface area contributed by atoms with Crippen LogP contribution >= 0.6 is 11.6 Å². The van der Waals surface area contributed by atoms with Crippen molar-refractivity contribution >= 4 is 29.0 Å². The molecule has 1 aromatic heterocycles. The second kappa shape index (κ2) is 5.71. The molecule has 0 aliphatic rings. The summed E-state index contributed by atoms with van der Waals surface area (Å²) in [5.74, 6) is 0.341. The summed E-state index contributed by atoms with van der Waals surface area (Å²) < 4.78 is 0. The summed E-state index contributed by atoms with van der Waals surface area (Å²) in [5.41, 5.74) is 2.30. The molecule has 0 bridgehead atoms. The summed E-state index contributed by atoms with van der Waals surface area (Å²) in [6, 6.07) is 10.8. The molecule has 0 aliphatic heterocycles. The Hall–Kier alpha value is -2.07. The third-order valence-corrected chi connectivity index (χ3v) is 2.78. The zero-order valence-corrected chi connectivity index (χ0v) is 11.5. The van der Waals surface area contributed by atoms with Crippen molar-refractivity contribution in [3.8, 4) is 0 Å². The summed E-state index contributed by atoms with van der Waals surface area (Å²) in [4.78, 5) is 16.2. The number of rotatable bonds is 3.